The van der Waals surface area contributed by atoms with Gasteiger partial charge in [0.2, 0.25) is 0 Å². The van der Waals surface area contributed by atoms with Gasteiger partial charge in [0.15, 0.2) is 15.0 Å². The Morgan fingerprint density at radius 3 is 2.74 bits per heavy atom. The highest BCUT2D eigenvalue weighted by Crippen LogP contribution is 2.38. The summed E-state index contributed by atoms with van der Waals surface area (Å²) in [7, 11) is -3.02. The first kappa shape index (κ1) is 16.5. The topological polar surface area (TPSA) is 66.8 Å². The van der Waals surface area contributed by atoms with Gasteiger partial charge in [0.05, 0.1) is 17.5 Å². The summed E-state index contributed by atoms with van der Waals surface area (Å²) in [5, 5.41) is 1.05. The molecule has 0 aromatic heterocycles. The van der Waals surface area contributed by atoms with E-state index in [4.69, 9.17) is 11.6 Å². The SMILES string of the molecule is C=CCN1C(=NC(=O)c2ccc(Cl)cc2)SC2CS(=O)(=O)CC21. The predicted octanol–water partition coefficient (Wildman–Crippen LogP) is 2.24. The maximum atomic E-state index is 12.3. The lowest BCUT2D eigenvalue weighted by Crippen LogP contribution is -2.37. The zero-order valence-electron chi connectivity index (χ0n) is 12.2. The maximum absolute atomic E-state index is 12.3. The van der Waals surface area contributed by atoms with Crippen LogP contribution >= 0.6 is 23.4 Å². The maximum Gasteiger partial charge on any atom is 0.279 e. The van der Waals surface area contributed by atoms with Crippen LogP contribution in [0.25, 0.3) is 0 Å². The van der Waals surface area contributed by atoms with Gasteiger partial charge in [-0.3, -0.25) is 4.79 Å². The Kier molecular flexibility index (Phi) is 4.53. The summed E-state index contributed by atoms with van der Waals surface area (Å²) in [5.74, 6) is -0.127. The van der Waals surface area contributed by atoms with Crippen molar-refractivity contribution in [1.29, 1.82) is 0 Å². The predicted molar refractivity (Wildman–Crippen MR) is 93.9 cm³/mol. The van der Waals surface area contributed by atoms with Crippen LogP contribution in [0.1, 0.15) is 10.4 Å². The summed E-state index contributed by atoms with van der Waals surface area (Å²) in [6.45, 7) is 4.17. The summed E-state index contributed by atoms with van der Waals surface area (Å²) in [6, 6.07) is 6.38. The molecule has 8 heteroatoms. The number of rotatable bonds is 3. The number of carbonyl (C=O) groups excluding carboxylic acids is 1. The van der Waals surface area contributed by atoms with Gasteiger partial charge >= 0.3 is 0 Å². The molecule has 1 amide bonds. The van der Waals surface area contributed by atoms with Crippen LogP contribution in [0.3, 0.4) is 0 Å². The van der Waals surface area contributed by atoms with Crippen molar-refractivity contribution in [3.05, 3.63) is 47.5 Å². The molecule has 2 fully saturated rings. The molecule has 5 nitrogen and oxygen atoms in total. The van der Waals surface area contributed by atoms with Crippen molar-refractivity contribution < 1.29 is 13.2 Å². The van der Waals surface area contributed by atoms with E-state index < -0.39 is 9.84 Å². The van der Waals surface area contributed by atoms with Crippen molar-refractivity contribution in [1.82, 2.24) is 4.90 Å². The van der Waals surface area contributed by atoms with Crippen LogP contribution in [-0.4, -0.2) is 53.7 Å². The van der Waals surface area contributed by atoms with Gasteiger partial charge in [-0.15, -0.1) is 6.58 Å². The molecule has 2 aliphatic heterocycles. The van der Waals surface area contributed by atoms with Gasteiger partial charge in [-0.1, -0.05) is 29.4 Å². The molecule has 2 aliphatic rings. The fraction of sp³-hybridized carbons (Fsp3) is 0.333. The molecule has 3 rings (SSSR count). The summed E-state index contributed by atoms with van der Waals surface area (Å²) < 4.78 is 23.6. The van der Waals surface area contributed by atoms with Crippen LogP contribution in [0.2, 0.25) is 5.02 Å². The third kappa shape index (κ3) is 3.46. The van der Waals surface area contributed by atoms with Crippen molar-refractivity contribution >= 4 is 44.3 Å². The number of aliphatic imine (C=N–C) groups is 1. The summed E-state index contributed by atoms with van der Waals surface area (Å²) in [5.41, 5.74) is 0.450. The standard InChI is InChI=1S/C15H15ClN2O3S2/c1-2-7-18-12-8-23(20,21)9-13(12)22-15(18)17-14(19)10-3-5-11(16)6-4-10/h2-6,12-13H,1,7-9H2. The van der Waals surface area contributed by atoms with Gasteiger partial charge in [0.25, 0.3) is 5.91 Å². The molecular formula is C15H15ClN2O3S2. The van der Waals surface area contributed by atoms with E-state index in [1.807, 2.05) is 4.90 Å². The van der Waals surface area contributed by atoms with Crippen LogP contribution in [-0.2, 0) is 9.84 Å². The number of amides is 1. The first-order valence-electron chi connectivity index (χ1n) is 7.03. The molecule has 122 valence electrons. The van der Waals surface area contributed by atoms with E-state index in [1.54, 1.807) is 30.3 Å². The van der Waals surface area contributed by atoms with E-state index in [2.05, 4.69) is 11.6 Å². The summed E-state index contributed by atoms with van der Waals surface area (Å²) in [4.78, 5) is 18.3. The second-order valence-corrected chi connectivity index (χ2v) is 9.24. The fourth-order valence-corrected chi connectivity index (χ4v) is 6.82. The van der Waals surface area contributed by atoms with E-state index in [0.29, 0.717) is 22.3 Å². The molecule has 2 unspecified atom stereocenters. The summed E-state index contributed by atoms with van der Waals surface area (Å²) in [6.07, 6.45) is 1.69. The number of nitrogens with zero attached hydrogens (tertiary/aromatic N) is 2. The average molecular weight is 371 g/mol. The number of halogens is 1. The highest BCUT2D eigenvalue weighted by Gasteiger charge is 2.48. The Balaban J connectivity index is 1.85. The minimum atomic E-state index is -3.02. The molecule has 1 aromatic rings. The van der Waals surface area contributed by atoms with Crippen LogP contribution in [0.5, 0.6) is 0 Å². The number of fused-ring (bicyclic) bond motifs is 1. The smallest absolute Gasteiger partial charge is 0.279 e. The molecule has 2 heterocycles. The van der Waals surface area contributed by atoms with Gasteiger partial charge < -0.3 is 4.90 Å². The lowest BCUT2D eigenvalue weighted by Gasteiger charge is -2.22. The van der Waals surface area contributed by atoms with E-state index in [-0.39, 0.29) is 28.7 Å². The van der Waals surface area contributed by atoms with Gasteiger partial charge in [-0.05, 0) is 24.3 Å². The molecule has 0 spiro atoms. The Morgan fingerprint density at radius 1 is 1.39 bits per heavy atom. The molecule has 2 atom stereocenters. The molecule has 0 radical (unpaired) electrons. The number of carbonyl (C=O) groups is 1. The molecule has 23 heavy (non-hydrogen) atoms. The third-order valence-corrected chi connectivity index (χ3v) is 7.29. The van der Waals surface area contributed by atoms with Gasteiger partial charge in [0.1, 0.15) is 0 Å². The number of amidine groups is 1. The quantitative estimate of drug-likeness (QED) is 0.763. The Morgan fingerprint density at radius 2 is 2.09 bits per heavy atom. The monoisotopic (exact) mass is 370 g/mol. The number of thioether (sulfide) groups is 1. The van der Waals surface area contributed by atoms with Gasteiger partial charge in [0, 0.05) is 22.4 Å². The molecule has 0 saturated carbocycles. The van der Waals surface area contributed by atoms with Crippen LogP contribution in [0.4, 0.5) is 0 Å². The molecular weight excluding hydrogens is 356 g/mol. The fourth-order valence-electron chi connectivity index (χ4n) is 2.73. The molecule has 1 aromatic carbocycles. The second-order valence-electron chi connectivity index (χ2n) is 5.45. The van der Waals surface area contributed by atoms with Crippen LogP contribution in [0.15, 0.2) is 41.9 Å². The van der Waals surface area contributed by atoms with E-state index in [9.17, 15) is 13.2 Å². The highest BCUT2D eigenvalue weighted by atomic mass is 35.5. The molecule has 0 bridgehead atoms. The Bertz CT molecular complexity index is 774. The van der Waals surface area contributed by atoms with E-state index >= 15 is 0 Å². The normalized spacial score (nSPS) is 27.2. The minimum Gasteiger partial charge on any atom is -0.342 e. The second kappa shape index (κ2) is 6.30. The largest absolute Gasteiger partial charge is 0.342 e. The first-order valence-corrected chi connectivity index (χ1v) is 10.1. The zero-order chi connectivity index (χ0) is 16.6. The average Bonchev–Trinajstić information content (AvgIpc) is 2.93. The van der Waals surface area contributed by atoms with Crippen molar-refractivity contribution in [2.75, 3.05) is 18.1 Å². The number of benzene rings is 1. The first-order chi connectivity index (χ1) is 10.9. The van der Waals surface area contributed by atoms with E-state index in [1.165, 1.54) is 11.8 Å². The molecule has 0 aliphatic carbocycles. The zero-order valence-corrected chi connectivity index (χ0v) is 14.6. The van der Waals surface area contributed by atoms with Crippen molar-refractivity contribution in [2.24, 2.45) is 4.99 Å². The Hall–Kier alpha value is -1.31. The van der Waals surface area contributed by atoms with Gasteiger partial charge in [-0.25, -0.2) is 8.42 Å². The number of sulfone groups is 1. The number of hydrogen-bond donors (Lipinski definition) is 0. The number of hydrogen-bond acceptors (Lipinski definition) is 4. The van der Waals surface area contributed by atoms with Crippen LogP contribution in [0, 0.1) is 0 Å². The summed E-state index contributed by atoms with van der Waals surface area (Å²) >= 11 is 7.17. The van der Waals surface area contributed by atoms with Gasteiger partial charge in [-0.2, -0.15) is 4.99 Å². The van der Waals surface area contributed by atoms with Crippen molar-refractivity contribution in [3.8, 4) is 0 Å². The molecule has 0 N–H and O–H groups in total. The Labute approximate surface area is 144 Å². The van der Waals surface area contributed by atoms with Crippen molar-refractivity contribution in [3.63, 3.8) is 0 Å². The molecule has 2 saturated heterocycles. The minimum absolute atomic E-state index is 0.0725. The lowest BCUT2D eigenvalue weighted by atomic mass is 10.2. The van der Waals surface area contributed by atoms with Crippen molar-refractivity contribution in [2.45, 2.75) is 11.3 Å². The lowest BCUT2D eigenvalue weighted by molar-refractivity contribution is 0.100. The van der Waals surface area contributed by atoms with Crippen LogP contribution < -0.4 is 0 Å². The highest BCUT2D eigenvalue weighted by molar-refractivity contribution is 8.15. The third-order valence-electron chi connectivity index (χ3n) is 3.79. The van der Waals surface area contributed by atoms with E-state index in [0.717, 1.165) is 0 Å².